The van der Waals surface area contributed by atoms with Gasteiger partial charge in [0.2, 0.25) is 5.91 Å². The normalized spacial score (nSPS) is 17.8. The van der Waals surface area contributed by atoms with Crippen LogP contribution in [0.15, 0.2) is 11.6 Å². The van der Waals surface area contributed by atoms with Gasteiger partial charge in [-0.3, -0.25) is 4.79 Å². The standard InChI is InChI=1S/C13H24N2OS/c1-4-17-12(10(2)3)13(16)15-9-11-5-7-14-8-6-11/h5,10,12,14H,4,6-9H2,1-3H3,(H,15,16). The van der Waals surface area contributed by atoms with E-state index in [0.717, 1.165) is 25.3 Å². The molecule has 0 aromatic carbocycles. The number of amides is 1. The Kier molecular flexibility index (Phi) is 6.66. The maximum atomic E-state index is 12.0. The van der Waals surface area contributed by atoms with E-state index in [9.17, 15) is 4.79 Å². The molecule has 0 bridgehead atoms. The summed E-state index contributed by atoms with van der Waals surface area (Å²) in [6.45, 7) is 8.99. The number of hydrogen-bond acceptors (Lipinski definition) is 3. The Balaban J connectivity index is 2.38. The number of rotatable bonds is 6. The Bertz CT molecular complexity index is 277. The second-order valence-electron chi connectivity index (χ2n) is 4.65. The summed E-state index contributed by atoms with van der Waals surface area (Å²) in [6.07, 6.45) is 3.23. The largest absolute Gasteiger partial charge is 0.351 e. The van der Waals surface area contributed by atoms with Crippen LogP contribution in [0, 0.1) is 5.92 Å². The zero-order valence-corrected chi connectivity index (χ0v) is 11.9. The van der Waals surface area contributed by atoms with Crippen molar-refractivity contribution >= 4 is 17.7 Å². The van der Waals surface area contributed by atoms with Crippen molar-refractivity contribution in [2.24, 2.45) is 5.92 Å². The van der Waals surface area contributed by atoms with E-state index >= 15 is 0 Å². The van der Waals surface area contributed by atoms with Gasteiger partial charge in [0.15, 0.2) is 0 Å². The maximum Gasteiger partial charge on any atom is 0.233 e. The molecule has 98 valence electrons. The van der Waals surface area contributed by atoms with Crippen LogP contribution >= 0.6 is 11.8 Å². The summed E-state index contributed by atoms with van der Waals surface area (Å²) in [5.41, 5.74) is 1.35. The fourth-order valence-corrected chi connectivity index (χ4v) is 2.86. The quantitative estimate of drug-likeness (QED) is 0.712. The van der Waals surface area contributed by atoms with Crippen LogP contribution in [0.4, 0.5) is 0 Å². The van der Waals surface area contributed by atoms with Gasteiger partial charge in [-0.15, -0.1) is 11.8 Å². The van der Waals surface area contributed by atoms with Gasteiger partial charge >= 0.3 is 0 Å². The molecule has 1 aliphatic heterocycles. The Morgan fingerprint density at radius 2 is 2.35 bits per heavy atom. The molecule has 1 heterocycles. The topological polar surface area (TPSA) is 41.1 Å². The maximum absolute atomic E-state index is 12.0. The number of nitrogens with one attached hydrogen (secondary N) is 2. The van der Waals surface area contributed by atoms with E-state index in [1.807, 2.05) is 0 Å². The third-order valence-electron chi connectivity index (χ3n) is 2.86. The van der Waals surface area contributed by atoms with Gasteiger partial charge < -0.3 is 10.6 Å². The Morgan fingerprint density at radius 3 is 2.88 bits per heavy atom. The highest BCUT2D eigenvalue weighted by atomic mass is 32.2. The smallest absolute Gasteiger partial charge is 0.233 e. The minimum Gasteiger partial charge on any atom is -0.351 e. The van der Waals surface area contributed by atoms with Crippen molar-refractivity contribution in [1.29, 1.82) is 0 Å². The Hall–Kier alpha value is -0.480. The van der Waals surface area contributed by atoms with Gasteiger partial charge in [0.1, 0.15) is 0 Å². The molecule has 4 heteroatoms. The molecule has 0 aliphatic carbocycles. The van der Waals surface area contributed by atoms with Crippen molar-refractivity contribution < 1.29 is 4.79 Å². The minimum absolute atomic E-state index is 0.0855. The van der Waals surface area contributed by atoms with Crippen molar-refractivity contribution in [1.82, 2.24) is 10.6 Å². The van der Waals surface area contributed by atoms with Crippen molar-refractivity contribution in [3.63, 3.8) is 0 Å². The van der Waals surface area contributed by atoms with E-state index in [1.54, 1.807) is 11.8 Å². The average Bonchev–Trinajstić information content (AvgIpc) is 2.34. The highest BCUT2D eigenvalue weighted by Gasteiger charge is 2.21. The summed E-state index contributed by atoms with van der Waals surface area (Å²) in [6, 6.07) is 0. The van der Waals surface area contributed by atoms with Crippen molar-refractivity contribution in [3.05, 3.63) is 11.6 Å². The summed E-state index contributed by atoms with van der Waals surface area (Å²) >= 11 is 1.74. The molecule has 0 spiro atoms. The summed E-state index contributed by atoms with van der Waals surface area (Å²) in [4.78, 5) is 12.0. The number of carbonyl (C=O) groups excluding carboxylic acids is 1. The fraction of sp³-hybridized carbons (Fsp3) is 0.769. The molecule has 1 unspecified atom stereocenters. The minimum atomic E-state index is 0.0855. The van der Waals surface area contributed by atoms with E-state index in [0.29, 0.717) is 12.5 Å². The van der Waals surface area contributed by atoms with E-state index in [4.69, 9.17) is 0 Å². The zero-order chi connectivity index (χ0) is 12.7. The van der Waals surface area contributed by atoms with E-state index < -0.39 is 0 Å². The van der Waals surface area contributed by atoms with Crippen molar-refractivity contribution in [3.8, 4) is 0 Å². The number of hydrogen-bond donors (Lipinski definition) is 2. The van der Waals surface area contributed by atoms with Crippen LogP contribution in [-0.4, -0.2) is 36.5 Å². The van der Waals surface area contributed by atoms with Gasteiger partial charge in [-0.1, -0.05) is 32.4 Å². The average molecular weight is 256 g/mol. The van der Waals surface area contributed by atoms with Gasteiger partial charge in [0, 0.05) is 13.1 Å². The van der Waals surface area contributed by atoms with Gasteiger partial charge in [-0.2, -0.15) is 0 Å². The molecule has 2 N–H and O–H groups in total. The lowest BCUT2D eigenvalue weighted by Crippen LogP contribution is -2.38. The monoisotopic (exact) mass is 256 g/mol. The molecule has 1 amide bonds. The first-order valence-corrected chi connectivity index (χ1v) is 7.48. The van der Waals surface area contributed by atoms with Crippen LogP contribution in [0.25, 0.3) is 0 Å². The fourth-order valence-electron chi connectivity index (χ4n) is 1.88. The van der Waals surface area contributed by atoms with E-state index in [2.05, 4.69) is 37.5 Å². The summed E-state index contributed by atoms with van der Waals surface area (Å²) in [5.74, 6) is 1.57. The first-order chi connectivity index (χ1) is 8.15. The predicted octanol–water partition coefficient (Wildman–Crippen LogP) is 1.80. The molecule has 1 atom stereocenters. The van der Waals surface area contributed by atoms with Crippen LogP contribution in [0.5, 0.6) is 0 Å². The predicted molar refractivity (Wildman–Crippen MR) is 75.3 cm³/mol. The molecular formula is C13H24N2OS. The van der Waals surface area contributed by atoms with Crippen LogP contribution in [0.2, 0.25) is 0 Å². The SMILES string of the molecule is CCSC(C(=O)NCC1=CCNCC1)C(C)C. The van der Waals surface area contributed by atoms with Gasteiger partial charge in [0.25, 0.3) is 0 Å². The zero-order valence-electron chi connectivity index (χ0n) is 11.1. The summed E-state index contributed by atoms with van der Waals surface area (Å²) in [7, 11) is 0. The van der Waals surface area contributed by atoms with Crippen LogP contribution < -0.4 is 10.6 Å². The third kappa shape index (κ3) is 5.13. The Labute approximate surface area is 109 Å². The van der Waals surface area contributed by atoms with Gasteiger partial charge in [-0.05, 0) is 24.6 Å². The lowest BCUT2D eigenvalue weighted by molar-refractivity contribution is -0.121. The van der Waals surface area contributed by atoms with Crippen LogP contribution in [0.3, 0.4) is 0 Å². The molecule has 0 aromatic heterocycles. The lowest BCUT2D eigenvalue weighted by Gasteiger charge is -2.20. The lowest BCUT2D eigenvalue weighted by atomic mass is 10.1. The summed E-state index contributed by atoms with van der Waals surface area (Å²) in [5, 5.41) is 6.42. The highest BCUT2D eigenvalue weighted by molar-refractivity contribution is 8.00. The molecule has 1 rings (SSSR count). The molecule has 0 aromatic rings. The molecule has 0 saturated carbocycles. The molecule has 0 saturated heterocycles. The first kappa shape index (κ1) is 14.6. The highest BCUT2D eigenvalue weighted by Crippen LogP contribution is 2.19. The van der Waals surface area contributed by atoms with Gasteiger partial charge in [-0.25, -0.2) is 0 Å². The molecule has 0 fully saturated rings. The second-order valence-corrected chi connectivity index (χ2v) is 6.07. The molecule has 17 heavy (non-hydrogen) atoms. The molecular weight excluding hydrogens is 232 g/mol. The molecule has 0 radical (unpaired) electrons. The van der Waals surface area contributed by atoms with E-state index in [-0.39, 0.29) is 11.2 Å². The van der Waals surface area contributed by atoms with Crippen molar-refractivity contribution in [2.45, 2.75) is 32.4 Å². The second kappa shape index (κ2) is 7.77. The number of carbonyl (C=O) groups is 1. The van der Waals surface area contributed by atoms with Crippen LogP contribution in [-0.2, 0) is 4.79 Å². The third-order valence-corrected chi connectivity index (χ3v) is 4.31. The Morgan fingerprint density at radius 1 is 1.59 bits per heavy atom. The first-order valence-electron chi connectivity index (χ1n) is 6.43. The molecule has 3 nitrogen and oxygen atoms in total. The van der Waals surface area contributed by atoms with Crippen LogP contribution in [0.1, 0.15) is 27.2 Å². The number of thioether (sulfide) groups is 1. The summed E-state index contributed by atoms with van der Waals surface area (Å²) < 4.78 is 0. The van der Waals surface area contributed by atoms with Gasteiger partial charge in [0.05, 0.1) is 5.25 Å². The van der Waals surface area contributed by atoms with E-state index in [1.165, 1.54) is 5.57 Å². The van der Waals surface area contributed by atoms with Crippen molar-refractivity contribution in [2.75, 3.05) is 25.4 Å². The molecule has 1 aliphatic rings.